The molecular formula is C13H17N7O6S3. The number of hydrogen-bond acceptors (Lipinski definition) is 9. The van der Waals surface area contributed by atoms with Gasteiger partial charge in [-0.25, -0.2) is 18.2 Å². The zero-order chi connectivity index (χ0) is 21.8. The van der Waals surface area contributed by atoms with Gasteiger partial charge in [0.25, 0.3) is 20.0 Å². The summed E-state index contributed by atoms with van der Waals surface area (Å²) in [6.45, 7) is -0.542. The molecule has 6 N–H and O–H groups in total. The lowest BCUT2D eigenvalue weighted by Crippen LogP contribution is -2.36. The highest BCUT2D eigenvalue weighted by molar-refractivity contribution is 7.91. The molecule has 158 valence electrons. The van der Waals surface area contributed by atoms with Gasteiger partial charge in [-0.05, 0) is 24.3 Å². The highest BCUT2D eigenvalue weighted by atomic mass is 32.2. The van der Waals surface area contributed by atoms with Crippen molar-refractivity contribution < 1.29 is 26.4 Å². The number of primary sulfonamides is 1. The third-order valence-corrected chi connectivity index (χ3v) is 6.90. The topological polar surface area (TPSA) is 209 Å². The quantitative estimate of drug-likeness (QED) is 0.342. The number of carbonyl (C=O) groups is 2. The van der Waals surface area contributed by atoms with Gasteiger partial charge in [-0.1, -0.05) is 11.3 Å². The predicted molar refractivity (Wildman–Crippen MR) is 102 cm³/mol. The van der Waals surface area contributed by atoms with E-state index in [4.69, 9.17) is 10.9 Å². The first-order valence-corrected chi connectivity index (χ1v) is 11.5. The van der Waals surface area contributed by atoms with Crippen molar-refractivity contribution in [3.8, 4) is 0 Å². The number of rotatable bonds is 7. The third-order valence-electron chi connectivity index (χ3n) is 3.20. The molecule has 13 nitrogen and oxygen atoms in total. The van der Waals surface area contributed by atoms with E-state index in [1.165, 1.54) is 31.3 Å². The first-order valence-electron chi connectivity index (χ1n) is 7.67. The van der Waals surface area contributed by atoms with Crippen LogP contribution < -0.4 is 26.3 Å². The summed E-state index contributed by atoms with van der Waals surface area (Å²) in [4.78, 5) is 22.3. The van der Waals surface area contributed by atoms with Crippen molar-refractivity contribution in [3.05, 3.63) is 29.1 Å². The van der Waals surface area contributed by atoms with E-state index in [9.17, 15) is 26.4 Å². The van der Waals surface area contributed by atoms with Crippen molar-refractivity contribution in [3.63, 3.8) is 0 Å². The fraction of sp³-hybridized carbons (Fsp3) is 0.231. The van der Waals surface area contributed by atoms with Gasteiger partial charge in [0.1, 0.15) is 0 Å². The van der Waals surface area contributed by atoms with Gasteiger partial charge in [0.05, 0.1) is 18.0 Å². The van der Waals surface area contributed by atoms with Crippen LogP contribution in [0.3, 0.4) is 0 Å². The highest BCUT2D eigenvalue weighted by Crippen LogP contribution is 2.16. The minimum absolute atomic E-state index is 0.193. The van der Waals surface area contributed by atoms with Gasteiger partial charge >= 0.3 is 0 Å². The van der Waals surface area contributed by atoms with Crippen LogP contribution in [0.2, 0.25) is 0 Å². The number of hydrogen-bond donors (Lipinski definition) is 4. The Morgan fingerprint density at radius 3 is 2.31 bits per heavy atom. The summed E-state index contributed by atoms with van der Waals surface area (Å²) in [7, 11) is -6.96. The van der Waals surface area contributed by atoms with Gasteiger partial charge < -0.3 is 16.4 Å². The molecule has 0 fully saturated rings. The van der Waals surface area contributed by atoms with E-state index in [0.29, 0.717) is 11.3 Å². The maximum atomic E-state index is 12.4. The summed E-state index contributed by atoms with van der Waals surface area (Å²) < 4.78 is 51.6. The van der Waals surface area contributed by atoms with Gasteiger partial charge in [0.2, 0.25) is 21.0 Å². The van der Waals surface area contributed by atoms with Crippen molar-refractivity contribution in [2.75, 3.05) is 18.4 Å². The van der Waals surface area contributed by atoms with E-state index < -0.39 is 36.2 Å². The molecule has 0 spiro atoms. The first-order chi connectivity index (χ1) is 13.4. The van der Waals surface area contributed by atoms with Crippen molar-refractivity contribution in [1.29, 1.82) is 0 Å². The lowest BCUT2D eigenvalue weighted by atomic mass is 10.3. The molecule has 0 unspecified atom stereocenters. The molecule has 0 saturated heterocycles. The zero-order valence-corrected chi connectivity index (χ0v) is 17.3. The van der Waals surface area contributed by atoms with Crippen LogP contribution in [-0.4, -0.2) is 51.5 Å². The van der Waals surface area contributed by atoms with Crippen LogP contribution in [0.25, 0.3) is 0 Å². The molecule has 1 heterocycles. The lowest BCUT2D eigenvalue weighted by molar-refractivity contribution is -0.123. The second kappa shape index (κ2) is 8.78. The molecule has 0 atom stereocenters. The Balaban J connectivity index is 2.20. The summed E-state index contributed by atoms with van der Waals surface area (Å²) in [5.74, 6) is -1.02. The number of aryl methyl sites for hydroxylation is 1. The number of nitrogens with one attached hydrogen (secondary N) is 2. The van der Waals surface area contributed by atoms with Gasteiger partial charge in [0, 0.05) is 12.7 Å². The van der Waals surface area contributed by atoms with Gasteiger partial charge in [-0.2, -0.15) is 8.42 Å². The fourth-order valence-corrected chi connectivity index (χ4v) is 4.61. The van der Waals surface area contributed by atoms with E-state index in [2.05, 4.69) is 20.1 Å². The Labute approximate surface area is 169 Å². The summed E-state index contributed by atoms with van der Waals surface area (Å²) in [6, 6.07) is 5.06. The van der Waals surface area contributed by atoms with Crippen LogP contribution >= 0.6 is 11.3 Å². The Kier molecular flexibility index (Phi) is 6.85. The second-order valence-electron chi connectivity index (χ2n) is 5.44. The monoisotopic (exact) mass is 463 g/mol. The summed E-state index contributed by atoms with van der Waals surface area (Å²) in [6.07, 6.45) is 0. The van der Waals surface area contributed by atoms with Crippen LogP contribution in [0, 0.1) is 0 Å². The molecule has 29 heavy (non-hydrogen) atoms. The minimum atomic E-state index is -4.18. The molecule has 0 aliphatic carbocycles. The van der Waals surface area contributed by atoms with Crippen molar-refractivity contribution >= 4 is 48.9 Å². The average Bonchev–Trinajstić information content (AvgIpc) is 3.00. The van der Waals surface area contributed by atoms with Gasteiger partial charge in [-0.3, -0.25) is 9.59 Å². The minimum Gasteiger partial charge on any atom is -0.346 e. The Hall–Kier alpha value is -2.66. The molecule has 0 aliphatic rings. The lowest BCUT2D eigenvalue weighted by Gasteiger charge is -2.06. The van der Waals surface area contributed by atoms with E-state index in [-0.39, 0.29) is 28.5 Å². The largest absolute Gasteiger partial charge is 0.346 e. The summed E-state index contributed by atoms with van der Waals surface area (Å²) in [5.41, 5.74) is 5.39. The zero-order valence-electron chi connectivity index (χ0n) is 14.9. The van der Waals surface area contributed by atoms with Crippen LogP contribution in [0.1, 0.15) is 0 Å². The number of aromatic nitrogens is 2. The molecule has 0 bridgehead atoms. The highest BCUT2D eigenvalue weighted by Gasteiger charge is 2.18. The predicted octanol–water partition coefficient (Wildman–Crippen LogP) is -2.57. The van der Waals surface area contributed by atoms with E-state index in [1.807, 2.05) is 0 Å². The number of sulfonamides is 2. The molecule has 0 radical (unpaired) electrons. The molecule has 2 aromatic rings. The Morgan fingerprint density at radius 2 is 1.79 bits per heavy atom. The fourth-order valence-electron chi connectivity index (χ4n) is 1.84. The van der Waals surface area contributed by atoms with Gasteiger partial charge in [-0.15, -0.1) is 9.50 Å². The molecule has 16 heteroatoms. The molecule has 2 amide bonds. The number of benzene rings is 1. The van der Waals surface area contributed by atoms with Crippen LogP contribution in [0.5, 0.6) is 0 Å². The number of amides is 2. The Bertz CT molecular complexity index is 1200. The average molecular weight is 464 g/mol. The maximum Gasteiger partial charge on any atom is 0.285 e. The molecule has 1 aromatic heterocycles. The molecule has 0 aliphatic heterocycles. The van der Waals surface area contributed by atoms with E-state index >= 15 is 0 Å². The number of nitrogens with two attached hydrogens (primary N) is 2. The Morgan fingerprint density at radius 1 is 1.17 bits per heavy atom. The van der Waals surface area contributed by atoms with E-state index in [1.54, 1.807) is 0 Å². The van der Waals surface area contributed by atoms with Gasteiger partial charge in [0.15, 0.2) is 0 Å². The molecular weight excluding hydrogens is 446 g/mol. The van der Waals surface area contributed by atoms with E-state index in [0.717, 1.165) is 4.68 Å². The van der Waals surface area contributed by atoms with Crippen molar-refractivity contribution in [2.24, 2.45) is 22.3 Å². The van der Waals surface area contributed by atoms with Crippen LogP contribution in [0.4, 0.5) is 5.69 Å². The number of nitrogens with zero attached hydrogens (tertiary/aromatic N) is 3. The normalized spacial score (nSPS) is 12.6. The van der Waals surface area contributed by atoms with Crippen molar-refractivity contribution in [1.82, 2.24) is 15.1 Å². The van der Waals surface area contributed by atoms with Crippen molar-refractivity contribution in [2.45, 2.75) is 9.24 Å². The number of carbonyl (C=O) groups excluding carboxylic acids is 2. The SMILES string of the molecule is Cn1nc(S(N)(=O)=O)sc1=NS(=O)(=O)c1ccc(NC(=O)CNC(=O)CN)cc1. The first kappa shape index (κ1) is 22.6. The summed E-state index contributed by atoms with van der Waals surface area (Å²) >= 11 is 0.502. The second-order valence-corrected chi connectivity index (χ2v) is 9.73. The standard InChI is InChI=1S/C13H17N7O6S3/c1-20-12(27-13(18-20)28(15,23)24)19-29(25,26)9-4-2-8(3-5-9)17-11(22)7-16-10(21)6-14/h2-5H,6-7,14H2,1H3,(H,16,21)(H,17,22)(H2,15,23,24). The van der Waals surface area contributed by atoms with Crippen LogP contribution in [0.15, 0.2) is 37.9 Å². The smallest absolute Gasteiger partial charge is 0.285 e. The molecule has 2 rings (SSSR count). The maximum absolute atomic E-state index is 12.4. The number of anilines is 1. The van der Waals surface area contributed by atoms with Crippen LogP contribution in [-0.2, 0) is 36.7 Å². The third kappa shape index (κ3) is 6.16. The summed E-state index contributed by atoms with van der Waals surface area (Å²) in [5, 5.41) is 13.3. The molecule has 1 aromatic carbocycles. The molecule has 0 saturated carbocycles.